The first kappa shape index (κ1) is 22.5. The number of hydrogen-bond acceptors (Lipinski definition) is 6. The highest BCUT2D eigenvalue weighted by Crippen LogP contribution is 2.34. The first-order valence-electron chi connectivity index (χ1n) is 13.1. The van der Waals surface area contributed by atoms with Gasteiger partial charge in [0.05, 0.1) is 16.8 Å². The number of nitrogens with zero attached hydrogens (tertiary/aromatic N) is 6. The summed E-state index contributed by atoms with van der Waals surface area (Å²) in [6.07, 6.45) is 6.36. The van der Waals surface area contributed by atoms with Gasteiger partial charge in [-0.2, -0.15) is 5.10 Å². The van der Waals surface area contributed by atoms with Gasteiger partial charge < -0.3 is 14.5 Å². The third kappa shape index (κ3) is 4.29. The van der Waals surface area contributed by atoms with Gasteiger partial charge in [-0.3, -0.25) is 4.79 Å². The summed E-state index contributed by atoms with van der Waals surface area (Å²) in [5, 5.41) is 5.91. The molecule has 6 rings (SSSR count). The van der Waals surface area contributed by atoms with Crippen LogP contribution in [0.2, 0.25) is 0 Å². The molecule has 3 aromatic rings. The number of amides is 1. The molecule has 0 spiro atoms. The lowest BCUT2D eigenvalue weighted by molar-refractivity contribution is -0.135. The number of carbonyl (C=O) groups is 1. The number of anilines is 1. The van der Waals surface area contributed by atoms with Crippen LogP contribution in [-0.2, 0) is 9.53 Å². The molecule has 2 saturated heterocycles. The van der Waals surface area contributed by atoms with E-state index in [9.17, 15) is 4.79 Å². The predicted molar refractivity (Wildman–Crippen MR) is 135 cm³/mol. The van der Waals surface area contributed by atoms with E-state index in [1.54, 1.807) is 0 Å². The van der Waals surface area contributed by atoms with E-state index in [-0.39, 0.29) is 11.8 Å². The Morgan fingerprint density at radius 2 is 1.66 bits per heavy atom. The molecule has 0 unspecified atom stereocenters. The van der Waals surface area contributed by atoms with Gasteiger partial charge in [0, 0.05) is 51.2 Å². The van der Waals surface area contributed by atoms with Crippen molar-refractivity contribution in [3.05, 3.63) is 41.9 Å². The predicted octanol–water partition coefficient (Wildman–Crippen LogP) is 3.86. The van der Waals surface area contributed by atoms with Crippen LogP contribution in [0.3, 0.4) is 0 Å². The van der Waals surface area contributed by atoms with Crippen molar-refractivity contribution >= 4 is 22.8 Å². The molecular weight excluding hydrogens is 440 g/mol. The van der Waals surface area contributed by atoms with Crippen LogP contribution < -0.4 is 4.90 Å². The molecule has 8 nitrogen and oxygen atoms in total. The summed E-state index contributed by atoms with van der Waals surface area (Å²) in [6, 6.07) is 10.2. The van der Waals surface area contributed by atoms with Crippen LogP contribution in [-0.4, -0.2) is 69.9 Å². The van der Waals surface area contributed by atoms with Gasteiger partial charge in [0.25, 0.3) is 0 Å². The summed E-state index contributed by atoms with van der Waals surface area (Å²) < 4.78 is 7.56. The van der Waals surface area contributed by atoms with Crippen molar-refractivity contribution in [1.82, 2.24) is 24.6 Å². The monoisotopic (exact) mass is 474 g/mol. The highest BCUT2D eigenvalue weighted by Gasteiger charge is 2.31. The molecule has 0 radical (unpaired) electrons. The van der Waals surface area contributed by atoms with E-state index >= 15 is 0 Å². The van der Waals surface area contributed by atoms with Crippen LogP contribution in [0, 0.1) is 12.8 Å². The number of benzene rings is 1. The van der Waals surface area contributed by atoms with Crippen molar-refractivity contribution < 1.29 is 9.53 Å². The first-order chi connectivity index (χ1) is 17.2. The van der Waals surface area contributed by atoms with Crippen LogP contribution in [0.1, 0.15) is 56.0 Å². The molecule has 4 heterocycles. The smallest absolute Gasteiger partial charge is 0.225 e. The van der Waals surface area contributed by atoms with Gasteiger partial charge in [-0.25, -0.2) is 14.6 Å². The largest absolute Gasteiger partial charge is 0.381 e. The summed E-state index contributed by atoms with van der Waals surface area (Å²) >= 11 is 0. The second-order valence-corrected chi connectivity index (χ2v) is 10.1. The topological polar surface area (TPSA) is 76.4 Å². The molecule has 0 bridgehead atoms. The zero-order chi connectivity index (χ0) is 23.8. The average Bonchev–Trinajstić information content (AvgIpc) is 3.58. The summed E-state index contributed by atoms with van der Waals surface area (Å²) in [5.74, 6) is 2.72. The number of piperazine rings is 1. The fourth-order valence-corrected chi connectivity index (χ4v) is 5.86. The number of para-hydroxylation sites is 1. The van der Waals surface area contributed by atoms with Gasteiger partial charge in [0.2, 0.25) is 5.91 Å². The van der Waals surface area contributed by atoms with Crippen LogP contribution >= 0.6 is 0 Å². The Morgan fingerprint density at radius 3 is 2.37 bits per heavy atom. The highest BCUT2D eigenvalue weighted by molar-refractivity contribution is 5.91. The standard InChI is InChI=1S/C27H34N6O2/c1-19-23-25(31-13-15-32(16-14-31)27(34)21-7-5-6-8-21)28-24(20-11-17-35-18-12-20)29-26(23)33(30-19)22-9-3-2-4-10-22/h2-4,9-10,20-21H,5-8,11-18H2,1H3. The van der Waals surface area contributed by atoms with E-state index < -0.39 is 0 Å². The Labute approximate surface area is 206 Å². The minimum atomic E-state index is 0.235. The molecule has 3 aliphatic rings. The van der Waals surface area contributed by atoms with Crippen LogP contribution in [0.15, 0.2) is 30.3 Å². The summed E-state index contributed by atoms with van der Waals surface area (Å²) in [4.78, 5) is 27.7. The lowest BCUT2D eigenvalue weighted by Crippen LogP contribution is -2.50. The number of hydrogen-bond donors (Lipinski definition) is 0. The highest BCUT2D eigenvalue weighted by atomic mass is 16.5. The van der Waals surface area contributed by atoms with E-state index in [4.69, 9.17) is 19.8 Å². The normalized spacial score (nSPS) is 20.1. The number of carbonyl (C=O) groups excluding carboxylic acids is 1. The second-order valence-electron chi connectivity index (χ2n) is 10.1. The van der Waals surface area contributed by atoms with Crippen molar-refractivity contribution in [3.63, 3.8) is 0 Å². The minimum Gasteiger partial charge on any atom is -0.381 e. The third-order valence-electron chi connectivity index (χ3n) is 7.88. The molecule has 0 N–H and O–H groups in total. The van der Waals surface area contributed by atoms with Gasteiger partial charge in [0.15, 0.2) is 5.65 Å². The van der Waals surface area contributed by atoms with E-state index in [0.29, 0.717) is 5.91 Å². The summed E-state index contributed by atoms with van der Waals surface area (Å²) in [6.45, 7) is 6.61. The Hall–Kier alpha value is -3.00. The molecule has 1 saturated carbocycles. The van der Waals surface area contributed by atoms with Gasteiger partial charge in [0.1, 0.15) is 11.6 Å². The first-order valence-corrected chi connectivity index (χ1v) is 13.1. The number of aryl methyl sites for hydroxylation is 1. The Morgan fingerprint density at radius 1 is 0.943 bits per heavy atom. The molecule has 3 fully saturated rings. The van der Waals surface area contributed by atoms with Crippen molar-refractivity contribution in [2.45, 2.75) is 51.4 Å². The fourth-order valence-electron chi connectivity index (χ4n) is 5.86. The molecule has 8 heteroatoms. The SMILES string of the molecule is Cc1nn(-c2ccccc2)c2nc(C3CCOCC3)nc(N3CCN(C(=O)C4CCCC4)CC3)c12. The van der Waals surface area contributed by atoms with Gasteiger partial charge in [-0.1, -0.05) is 31.0 Å². The van der Waals surface area contributed by atoms with Crippen molar-refractivity contribution in [2.24, 2.45) is 5.92 Å². The van der Waals surface area contributed by atoms with Crippen LogP contribution in [0.25, 0.3) is 16.7 Å². The molecule has 184 valence electrons. The Bertz CT molecular complexity index is 1190. The summed E-state index contributed by atoms with van der Waals surface area (Å²) in [5.41, 5.74) is 2.80. The number of aromatic nitrogens is 4. The zero-order valence-electron chi connectivity index (χ0n) is 20.5. The average molecular weight is 475 g/mol. The van der Waals surface area contributed by atoms with Gasteiger partial charge in [-0.15, -0.1) is 0 Å². The van der Waals surface area contributed by atoms with Crippen LogP contribution in [0.4, 0.5) is 5.82 Å². The van der Waals surface area contributed by atoms with Crippen molar-refractivity contribution in [1.29, 1.82) is 0 Å². The van der Waals surface area contributed by atoms with Gasteiger partial charge >= 0.3 is 0 Å². The van der Waals surface area contributed by atoms with E-state index in [0.717, 1.165) is 99.1 Å². The molecule has 1 amide bonds. The molecule has 1 aliphatic carbocycles. The molecule has 1 aromatic carbocycles. The van der Waals surface area contributed by atoms with Crippen molar-refractivity contribution in [3.8, 4) is 5.69 Å². The van der Waals surface area contributed by atoms with E-state index in [2.05, 4.69) is 21.9 Å². The lowest BCUT2D eigenvalue weighted by Gasteiger charge is -2.37. The van der Waals surface area contributed by atoms with E-state index in [1.165, 1.54) is 12.8 Å². The maximum Gasteiger partial charge on any atom is 0.225 e. The molecular formula is C27H34N6O2. The lowest BCUT2D eigenvalue weighted by atomic mass is 9.99. The number of fused-ring (bicyclic) bond motifs is 1. The van der Waals surface area contributed by atoms with Crippen molar-refractivity contribution in [2.75, 3.05) is 44.3 Å². The second kappa shape index (κ2) is 9.57. The number of ether oxygens (including phenoxy) is 1. The molecule has 2 aromatic heterocycles. The molecule has 35 heavy (non-hydrogen) atoms. The maximum atomic E-state index is 13.0. The Kier molecular flexibility index (Phi) is 6.14. The quantitative estimate of drug-likeness (QED) is 0.572. The van der Waals surface area contributed by atoms with Crippen LogP contribution in [0.5, 0.6) is 0 Å². The molecule has 2 aliphatic heterocycles. The van der Waals surface area contributed by atoms with Gasteiger partial charge in [-0.05, 0) is 44.7 Å². The molecule has 0 atom stereocenters. The summed E-state index contributed by atoms with van der Waals surface area (Å²) in [7, 11) is 0. The minimum absolute atomic E-state index is 0.235. The Balaban J connectivity index is 1.36. The van der Waals surface area contributed by atoms with E-state index in [1.807, 2.05) is 29.8 Å². The zero-order valence-corrected chi connectivity index (χ0v) is 20.5. The maximum absolute atomic E-state index is 13.0. The third-order valence-corrected chi connectivity index (χ3v) is 7.88. The number of rotatable bonds is 4. The fraction of sp³-hybridized carbons (Fsp3) is 0.556.